The molecular weight excluding hydrogens is 373 g/mol. The second-order valence-corrected chi connectivity index (χ2v) is 8.41. The number of fused-ring (bicyclic) bond motifs is 1. The van der Waals surface area contributed by atoms with Gasteiger partial charge in [-0.3, -0.25) is 0 Å². The van der Waals surface area contributed by atoms with Crippen LogP contribution in [0.5, 0.6) is 5.75 Å². The van der Waals surface area contributed by atoms with Crippen LogP contribution in [0.15, 0.2) is 36.4 Å². The minimum Gasteiger partial charge on any atom is -0.449 e. The van der Waals surface area contributed by atoms with Crippen LogP contribution in [0.1, 0.15) is 31.0 Å². The maximum Gasteiger partial charge on any atom is 0.511 e. The predicted octanol–water partition coefficient (Wildman–Crippen LogP) is 4.03. The second-order valence-electron chi connectivity index (χ2n) is 8.41. The van der Waals surface area contributed by atoms with Crippen molar-refractivity contribution >= 4 is 17.5 Å². The molecule has 0 aromatic heterocycles. The average molecular weight is 399 g/mol. The Labute approximate surface area is 169 Å². The Morgan fingerprint density at radius 3 is 2.69 bits per heavy atom. The van der Waals surface area contributed by atoms with Gasteiger partial charge < -0.3 is 25.4 Å². The third kappa shape index (κ3) is 4.15. The van der Waals surface area contributed by atoms with Gasteiger partial charge in [0.15, 0.2) is 0 Å². The van der Waals surface area contributed by atoms with Crippen molar-refractivity contribution in [2.75, 3.05) is 36.4 Å². The summed E-state index contributed by atoms with van der Waals surface area (Å²) < 4.78 is 19.3. The molecule has 0 amide bonds. The van der Waals surface area contributed by atoms with Gasteiger partial charge in [-0.15, -0.1) is 0 Å². The molecule has 0 radical (unpaired) electrons. The van der Waals surface area contributed by atoms with Crippen LogP contribution in [0.25, 0.3) is 0 Å². The first-order valence-corrected chi connectivity index (χ1v) is 9.88. The zero-order chi connectivity index (χ0) is 20.6. The lowest BCUT2D eigenvalue weighted by Crippen LogP contribution is -2.43. The number of anilines is 2. The molecule has 0 spiro atoms. The van der Waals surface area contributed by atoms with Crippen LogP contribution in [0, 0.1) is 11.2 Å². The number of piperazine rings is 1. The maximum absolute atomic E-state index is 14.5. The van der Waals surface area contributed by atoms with E-state index in [1.165, 1.54) is 0 Å². The largest absolute Gasteiger partial charge is 0.511 e. The minimum absolute atomic E-state index is 0.0707. The van der Waals surface area contributed by atoms with Gasteiger partial charge in [0, 0.05) is 37.6 Å². The van der Waals surface area contributed by atoms with Crippen LogP contribution in [-0.4, -0.2) is 37.4 Å². The highest BCUT2D eigenvalue weighted by molar-refractivity contribution is 5.64. The monoisotopic (exact) mass is 399 g/mol. The molecule has 6 nitrogen and oxygen atoms in total. The average Bonchev–Trinajstić information content (AvgIpc) is 2.66. The summed E-state index contributed by atoms with van der Waals surface area (Å²) in [7, 11) is 0. The number of hydrogen-bond acceptors (Lipinski definition) is 5. The summed E-state index contributed by atoms with van der Waals surface area (Å²) in [6, 6.07) is 10.4. The molecule has 154 valence electrons. The Morgan fingerprint density at radius 1 is 1.21 bits per heavy atom. The zero-order valence-corrected chi connectivity index (χ0v) is 16.7. The third-order valence-corrected chi connectivity index (χ3v) is 5.73. The van der Waals surface area contributed by atoms with Gasteiger partial charge in [0.2, 0.25) is 0 Å². The Morgan fingerprint density at radius 2 is 1.97 bits per heavy atom. The van der Waals surface area contributed by atoms with E-state index in [4.69, 9.17) is 9.84 Å². The summed E-state index contributed by atoms with van der Waals surface area (Å²) in [5.41, 5.74) is 3.53. The fraction of sp³-hybridized carbons (Fsp3) is 0.409. The first-order valence-electron chi connectivity index (χ1n) is 9.88. The smallest absolute Gasteiger partial charge is 0.449 e. The van der Waals surface area contributed by atoms with Crippen molar-refractivity contribution in [2.45, 2.75) is 26.3 Å². The predicted molar refractivity (Wildman–Crippen MR) is 110 cm³/mol. The van der Waals surface area contributed by atoms with Crippen molar-refractivity contribution in [3.63, 3.8) is 0 Å². The Bertz CT molecular complexity index is 926. The molecule has 2 aliphatic rings. The summed E-state index contributed by atoms with van der Waals surface area (Å²) in [4.78, 5) is 13.0. The fourth-order valence-electron chi connectivity index (χ4n) is 4.37. The molecule has 7 heteroatoms. The molecular formula is C22H26FN3O3. The summed E-state index contributed by atoms with van der Waals surface area (Å²) in [5.74, 6) is 0.0729. The molecule has 0 aliphatic carbocycles. The van der Waals surface area contributed by atoms with E-state index in [9.17, 15) is 9.18 Å². The number of nitrogens with zero attached hydrogens (tertiary/aromatic N) is 1. The first kappa shape index (κ1) is 19.5. The highest BCUT2D eigenvalue weighted by atomic mass is 19.1. The van der Waals surface area contributed by atoms with E-state index in [1.54, 1.807) is 24.3 Å². The Balaban J connectivity index is 1.65. The Kier molecular flexibility index (Phi) is 5.08. The van der Waals surface area contributed by atoms with E-state index >= 15 is 0 Å². The molecule has 2 heterocycles. The van der Waals surface area contributed by atoms with Crippen molar-refractivity contribution in [1.29, 1.82) is 0 Å². The molecule has 2 aromatic rings. The summed E-state index contributed by atoms with van der Waals surface area (Å²) in [5, 5.41) is 15.7. The summed E-state index contributed by atoms with van der Waals surface area (Å²) in [6.45, 7) is 7.78. The molecule has 4 rings (SSSR count). The number of carbonyl (C=O) groups is 1. The van der Waals surface area contributed by atoms with E-state index in [-0.39, 0.29) is 17.3 Å². The number of nitrogens with one attached hydrogen (secondary N) is 2. The minimum atomic E-state index is -1.33. The van der Waals surface area contributed by atoms with Gasteiger partial charge in [-0.05, 0) is 59.4 Å². The van der Waals surface area contributed by atoms with Crippen LogP contribution < -0.4 is 20.3 Å². The molecule has 2 aliphatic heterocycles. The zero-order valence-electron chi connectivity index (χ0n) is 16.7. The number of benzene rings is 2. The molecule has 0 bridgehead atoms. The normalized spacial score (nSPS) is 20.5. The number of halogens is 1. The van der Waals surface area contributed by atoms with Gasteiger partial charge in [-0.1, -0.05) is 13.8 Å². The van der Waals surface area contributed by atoms with Crippen LogP contribution in [0.4, 0.5) is 20.6 Å². The van der Waals surface area contributed by atoms with Crippen molar-refractivity contribution in [2.24, 2.45) is 5.41 Å². The molecule has 1 atom stereocenters. The Hall–Kier alpha value is -2.80. The molecule has 29 heavy (non-hydrogen) atoms. The quantitative estimate of drug-likeness (QED) is 0.535. The second kappa shape index (κ2) is 7.55. The van der Waals surface area contributed by atoms with E-state index < -0.39 is 6.16 Å². The van der Waals surface area contributed by atoms with Gasteiger partial charge in [-0.2, -0.15) is 0 Å². The van der Waals surface area contributed by atoms with Crippen LogP contribution in [0.3, 0.4) is 0 Å². The molecule has 1 unspecified atom stereocenters. The topological polar surface area (TPSA) is 73.8 Å². The van der Waals surface area contributed by atoms with Gasteiger partial charge in [-0.25, -0.2) is 9.18 Å². The van der Waals surface area contributed by atoms with E-state index in [0.29, 0.717) is 5.75 Å². The number of hydrogen-bond donors (Lipinski definition) is 3. The van der Waals surface area contributed by atoms with E-state index in [0.717, 1.165) is 55.1 Å². The van der Waals surface area contributed by atoms with Gasteiger partial charge in [0.05, 0.1) is 6.04 Å². The molecule has 1 fully saturated rings. The fourth-order valence-corrected chi connectivity index (χ4v) is 4.37. The van der Waals surface area contributed by atoms with E-state index in [1.807, 2.05) is 6.07 Å². The van der Waals surface area contributed by atoms with E-state index in [2.05, 4.69) is 35.4 Å². The maximum atomic E-state index is 14.5. The lowest BCUT2D eigenvalue weighted by atomic mass is 9.73. The van der Waals surface area contributed by atoms with Crippen molar-refractivity contribution in [3.8, 4) is 5.75 Å². The first-order chi connectivity index (χ1) is 13.8. The standard InChI is InChI=1S/C22H26FN3O3/c1-22(2)13-15-11-18(29-21(27)28)3-4-19(15)25-20(22)14-9-16(23)12-17(10-14)26-7-5-24-6-8-26/h3-4,9-12,20,24-25H,5-8,13H2,1-2H3,(H,27,28). The number of rotatable bonds is 3. The molecule has 1 saturated heterocycles. The molecule has 2 aromatic carbocycles. The molecule has 0 saturated carbocycles. The third-order valence-electron chi connectivity index (χ3n) is 5.73. The number of carboxylic acid groups (broad SMARTS) is 1. The summed E-state index contributed by atoms with van der Waals surface area (Å²) in [6.07, 6.45) is -0.609. The highest BCUT2D eigenvalue weighted by Crippen LogP contribution is 2.46. The van der Waals surface area contributed by atoms with Crippen molar-refractivity contribution in [1.82, 2.24) is 5.32 Å². The van der Waals surface area contributed by atoms with Crippen molar-refractivity contribution < 1.29 is 19.0 Å². The highest BCUT2D eigenvalue weighted by Gasteiger charge is 2.36. The SMILES string of the molecule is CC1(C)Cc2cc(OC(=O)O)ccc2NC1c1cc(F)cc(N2CCNCC2)c1. The van der Waals surface area contributed by atoms with Gasteiger partial charge >= 0.3 is 6.16 Å². The van der Waals surface area contributed by atoms with Crippen LogP contribution in [0.2, 0.25) is 0 Å². The lowest BCUT2D eigenvalue weighted by molar-refractivity contribution is 0.144. The number of ether oxygens (including phenoxy) is 1. The van der Waals surface area contributed by atoms with Crippen molar-refractivity contribution in [3.05, 3.63) is 53.3 Å². The van der Waals surface area contributed by atoms with Crippen LogP contribution >= 0.6 is 0 Å². The van der Waals surface area contributed by atoms with Gasteiger partial charge in [0.1, 0.15) is 11.6 Å². The van der Waals surface area contributed by atoms with Crippen LogP contribution in [-0.2, 0) is 6.42 Å². The summed E-state index contributed by atoms with van der Waals surface area (Å²) >= 11 is 0. The molecule has 3 N–H and O–H groups in total. The van der Waals surface area contributed by atoms with Gasteiger partial charge in [0.25, 0.3) is 0 Å². The lowest BCUT2D eigenvalue weighted by Gasteiger charge is -2.42.